The van der Waals surface area contributed by atoms with E-state index in [2.05, 4.69) is 20.5 Å². The molecule has 0 saturated carbocycles. The first kappa shape index (κ1) is 15.9. The molecule has 0 bridgehead atoms. The zero-order valence-corrected chi connectivity index (χ0v) is 13.8. The van der Waals surface area contributed by atoms with Gasteiger partial charge >= 0.3 is 0 Å². The van der Waals surface area contributed by atoms with Gasteiger partial charge < -0.3 is 9.47 Å². The number of hydrogen-bond acceptors (Lipinski definition) is 7. The van der Waals surface area contributed by atoms with E-state index in [-0.39, 0.29) is 5.91 Å². The fourth-order valence-electron chi connectivity index (χ4n) is 2.03. The van der Waals surface area contributed by atoms with Crippen molar-refractivity contribution in [3.05, 3.63) is 48.3 Å². The summed E-state index contributed by atoms with van der Waals surface area (Å²) in [5, 5.41) is 11.9. The van der Waals surface area contributed by atoms with E-state index < -0.39 is 0 Å². The number of methoxy groups -OCH3 is 2. The number of amides is 1. The minimum absolute atomic E-state index is 0.257. The Bertz CT molecular complexity index is 852. The first-order chi connectivity index (χ1) is 11.7. The lowest BCUT2D eigenvalue weighted by Gasteiger charge is -2.07. The smallest absolute Gasteiger partial charge is 0.257 e. The highest BCUT2D eigenvalue weighted by Gasteiger charge is 2.13. The topological polar surface area (TPSA) is 86.2 Å². The molecule has 0 aliphatic heterocycles. The van der Waals surface area contributed by atoms with E-state index in [0.29, 0.717) is 27.2 Å². The van der Waals surface area contributed by atoms with E-state index in [0.717, 1.165) is 5.56 Å². The fourth-order valence-corrected chi connectivity index (χ4v) is 2.77. The zero-order valence-electron chi connectivity index (χ0n) is 13.0. The van der Waals surface area contributed by atoms with Gasteiger partial charge in [-0.1, -0.05) is 11.3 Å². The first-order valence-electron chi connectivity index (χ1n) is 6.98. The third-order valence-electron chi connectivity index (χ3n) is 3.22. The van der Waals surface area contributed by atoms with E-state index in [1.807, 2.05) is 12.1 Å². The Balaban J connectivity index is 1.79. The summed E-state index contributed by atoms with van der Waals surface area (Å²) in [5.41, 5.74) is 1.34. The van der Waals surface area contributed by atoms with Crippen molar-refractivity contribution in [3.63, 3.8) is 0 Å². The molecule has 7 nitrogen and oxygen atoms in total. The third-order valence-corrected chi connectivity index (χ3v) is 4.11. The van der Waals surface area contributed by atoms with Crippen LogP contribution in [0.4, 0.5) is 5.13 Å². The van der Waals surface area contributed by atoms with Crippen LogP contribution < -0.4 is 14.8 Å². The summed E-state index contributed by atoms with van der Waals surface area (Å²) < 4.78 is 10.5. The summed E-state index contributed by atoms with van der Waals surface area (Å²) >= 11 is 1.28. The van der Waals surface area contributed by atoms with Crippen molar-refractivity contribution in [1.29, 1.82) is 0 Å². The molecule has 1 amide bonds. The van der Waals surface area contributed by atoms with Crippen LogP contribution in [-0.2, 0) is 0 Å². The second-order valence-corrected chi connectivity index (χ2v) is 5.65. The molecule has 2 heterocycles. The Kier molecular flexibility index (Phi) is 4.66. The summed E-state index contributed by atoms with van der Waals surface area (Å²) in [6.07, 6.45) is 3.12. The second-order valence-electron chi connectivity index (χ2n) is 4.67. The van der Waals surface area contributed by atoms with E-state index in [1.54, 1.807) is 44.8 Å². The average molecular weight is 342 g/mol. The summed E-state index contributed by atoms with van der Waals surface area (Å²) in [5.74, 6) is 0.983. The van der Waals surface area contributed by atoms with Gasteiger partial charge in [0.2, 0.25) is 5.13 Å². The molecule has 8 heteroatoms. The van der Waals surface area contributed by atoms with E-state index in [1.165, 1.54) is 11.3 Å². The molecule has 1 N–H and O–H groups in total. The van der Waals surface area contributed by atoms with Gasteiger partial charge in [-0.05, 0) is 30.3 Å². The molecular formula is C16H14N4O3S. The minimum atomic E-state index is -0.257. The van der Waals surface area contributed by atoms with Crippen LogP contribution in [0, 0.1) is 0 Å². The molecule has 1 aromatic carbocycles. The molecule has 122 valence electrons. The van der Waals surface area contributed by atoms with Crippen LogP contribution >= 0.6 is 11.3 Å². The van der Waals surface area contributed by atoms with Gasteiger partial charge in [0.05, 0.1) is 14.2 Å². The lowest BCUT2D eigenvalue weighted by molar-refractivity contribution is 0.102. The molecule has 0 unspecified atom stereocenters. The molecular weight excluding hydrogens is 328 g/mol. The van der Waals surface area contributed by atoms with Gasteiger partial charge in [-0.3, -0.25) is 15.1 Å². The molecule has 0 aliphatic carbocycles. The molecule has 0 aliphatic rings. The quantitative estimate of drug-likeness (QED) is 0.767. The van der Waals surface area contributed by atoms with E-state index in [9.17, 15) is 4.79 Å². The number of rotatable bonds is 5. The van der Waals surface area contributed by atoms with Gasteiger partial charge in [0.1, 0.15) is 5.01 Å². The highest BCUT2D eigenvalue weighted by Crippen LogP contribution is 2.34. The summed E-state index contributed by atoms with van der Waals surface area (Å²) in [4.78, 5) is 16.0. The lowest BCUT2D eigenvalue weighted by Crippen LogP contribution is -2.11. The number of hydrogen-bond donors (Lipinski definition) is 1. The molecule has 0 fully saturated rings. The standard InChI is InChI=1S/C16H14N4O3S/c1-22-12-4-3-11(9-13(12)23-2)15-19-20-16(24-15)18-14(21)10-5-7-17-8-6-10/h3-9H,1-2H3,(H,18,20,21). The first-order valence-corrected chi connectivity index (χ1v) is 7.80. The maximum absolute atomic E-state index is 12.1. The van der Waals surface area contributed by atoms with Crippen molar-refractivity contribution in [2.75, 3.05) is 19.5 Å². The Morgan fingerprint density at radius 1 is 1.04 bits per heavy atom. The number of anilines is 1. The Morgan fingerprint density at radius 2 is 1.79 bits per heavy atom. The van der Waals surface area contributed by atoms with Crippen LogP contribution in [0.25, 0.3) is 10.6 Å². The third kappa shape index (κ3) is 3.33. The zero-order chi connectivity index (χ0) is 16.9. The largest absolute Gasteiger partial charge is 0.493 e. The van der Waals surface area contributed by atoms with Gasteiger partial charge in [-0.25, -0.2) is 0 Å². The lowest BCUT2D eigenvalue weighted by atomic mass is 10.2. The molecule has 0 saturated heterocycles. The average Bonchev–Trinajstić information content (AvgIpc) is 3.10. The maximum Gasteiger partial charge on any atom is 0.257 e. The molecule has 0 spiro atoms. The monoisotopic (exact) mass is 342 g/mol. The molecule has 2 aromatic heterocycles. The number of benzene rings is 1. The van der Waals surface area contributed by atoms with Crippen molar-refractivity contribution in [1.82, 2.24) is 15.2 Å². The molecule has 3 aromatic rings. The predicted molar refractivity (Wildman–Crippen MR) is 90.6 cm³/mol. The molecule has 0 atom stereocenters. The van der Waals surface area contributed by atoms with Crippen LogP contribution in [0.1, 0.15) is 10.4 Å². The predicted octanol–water partition coefficient (Wildman–Crippen LogP) is 2.87. The Labute approximate surface area is 142 Å². The summed E-state index contributed by atoms with van der Waals surface area (Å²) in [6, 6.07) is 8.73. The summed E-state index contributed by atoms with van der Waals surface area (Å²) in [6.45, 7) is 0. The SMILES string of the molecule is COc1ccc(-c2nnc(NC(=O)c3ccncc3)s2)cc1OC. The number of ether oxygens (including phenoxy) is 2. The van der Waals surface area contributed by atoms with Crippen molar-refractivity contribution >= 4 is 22.4 Å². The van der Waals surface area contributed by atoms with Crippen molar-refractivity contribution in [2.45, 2.75) is 0 Å². The number of carbonyl (C=O) groups is 1. The maximum atomic E-state index is 12.1. The van der Waals surface area contributed by atoms with Crippen LogP contribution in [0.2, 0.25) is 0 Å². The fraction of sp³-hybridized carbons (Fsp3) is 0.125. The van der Waals surface area contributed by atoms with Crippen LogP contribution in [0.5, 0.6) is 11.5 Å². The molecule has 0 radical (unpaired) electrons. The Hall–Kier alpha value is -3.00. The molecule has 24 heavy (non-hydrogen) atoms. The van der Waals surface area contributed by atoms with E-state index >= 15 is 0 Å². The minimum Gasteiger partial charge on any atom is -0.493 e. The Morgan fingerprint density at radius 3 is 2.50 bits per heavy atom. The van der Waals surface area contributed by atoms with Gasteiger partial charge in [0.25, 0.3) is 5.91 Å². The van der Waals surface area contributed by atoms with Gasteiger partial charge in [0, 0.05) is 23.5 Å². The number of carbonyl (C=O) groups excluding carboxylic acids is 1. The number of nitrogens with one attached hydrogen (secondary N) is 1. The van der Waals surface area contributed by atoms with Gasteiger partial charge in [-0.15, -0.1) is 10.2 Å². The van der Waals surface area contributed by atoms with Crippen LogP contribution in [0.15, 0.2) is 42.7 Å². The van der Waals surface area contributed by atoms with Crippen LogP contribution in [-0.4, -0.2) is 35.3 Å². The van der Waals surface area contributed by atoms with E-state index in [4.69, 9.17) is 9.47 Å². The molecule has 3 rings (SSSR count). The van der Waals surface area contributed by atoms with Crippen molar-refractivity contribution < 1.29 is 14.3 Å². The highest BCUT2D eigenvalue weighted by atomic mass is 32.1. The highest BCUT2D eigenvalue weighted by molar-refractivity contribution is 7.18. The van der Waals surface area contributed by atoms with Crippen molar-refractivity contribution in [2.24, 2.45) is 0 Å². The van der Waals surface area contributed by atoms with Crippen LogP contribution in [0.3, 0.4) is 0 Å². The van der Waals surface area contributed by atoms with Gasteiger partial charge in [0.15, 0.2) is 11.5 Å². The number of pyridine rings is 1. The number of nitrogens with zero attached hydrogens (tertiary/aromatic N) is 3. The summed E-state index contributed by atoms with van der Waals surface area (Å²) in [7, 11) is 3.15. The normalized spacial score (nSPS) is 10.2. The van der Waals surface area contributed by atoms with Gasteiger partial charge in [-0.2, -0.15) is 0 Å². The number of aromatic nitrogens is 3. The van der Waals surface area contributed by atoms with Crippen molar-refractivity contribution in [3.8, 4) is 22.1 Å². The second kappa shape index (κ2) is 7.05.